The normalized spacial score (nSPS) is 31.5. The zero-order chi connectivity index (χ0) is 11.4. The zero-order valence-corrected chi connectivity index (χ0v) is 10.7. The van der Waals surface area contributed by atoms with Crippen LogP contribution in [-0.2, 0) is 4.74 Å². The topological polar surface area (TPSA) is 24.5 Å². The Balaban J connectivity index is 1.91. The molecule has 2 aliphatic rings. The van der Waals surface area contributed by atoms with E-state index in [1.54, 1.807) is 0 Å². The Morgan fingerprint density at radius 2 is 2.00 bits per heavy atom. The quantitative estimate of drug-likeness (QED) is 0.789. The minimum Gasteiger partial charge on any atom is -0.374 e. The van der Waals surface area contributed by atoms with E-state index in [1.165, 1.54) is 32.1 Å². The van der Waals surface area contributed by atoms with E-state index in [9.17, 15) is 0 Å². The first-order valence-electron chi connectivity index (χ1n) is 6.78. The first kappa shape index (κ1) is 12.3. The van der Waals surface area contributed by atoms with Crippen LogP contribution in [0, 0.1) is 5.92 Å². The van der Waals surface area contributed by atoms with Crippen molar-refractivity contribution in [2.45, 2.75) is 44.2 Å². The van der Waals surface area contributed by atoms with Crippen molar-refractivity contribution in [1.82, 2.24) is 10.2 Å². The van der Waals surface area contributed by atoms with Gasteiger partial charge < -0.3 is 15.0 Å². The highest BCUT2D eigenvalue weighted by atomic mass is 16.5. The molecular weight excluding hydrogens is 200 g/mol. The third-order valence-electron chi connectivity index (χ3n) is 4.19. The molecule has 2 fully saturated rings. The van der Waals surface area contributed by atoms with Gasteiger partial charge in [-0.15, -0.1) is 0 Å². The van der Waals surface area contributed by atoms with Gasteiger partial charge in [-0.1, -0.05) is 19.3 Å². The molecule has 0 aromatic heterocycles. The van der Waals surface area contributed by atoms with E-state index in [2.05, 4.69) is 24.3 Å². The van der Waals surface area contributed by atoms with Gasteiger partial charge in [-0.25, -0.2) is 0 Å². The van der Waals surface area contributed by atoms with Crippen molar-refractivity contribution in [3.05, 3.63) is 0 Å². The highest BCUT2D eigenvalue weighted by Crippen LogP contribution is 2.29. The van der Waals surface area contributed by atoms with Gasteiger partial charge in [0, 0.05) is 19.1 Å². The Labute approximate surface area is 99.5 Å². The van der Waals surface area contributed by atoms with E-state index in [-0.39, 0.29) is 0 Å². The Kier molecular flexibility index (Phi) is 4.62. The highest BCUT2D eigenvalue weighted by Gasteiger charge is 2.32. The summed E-state index contributed by atoms with van der Waals surface area (Å²) < 4.78 is 5.95. The highest BCUT2D eigenvalue weighted by molar-refractivity contribution is 4.87. The van der Waals surface area contributed by atoms with Crippen LogP contribution in [0.2, 0.25) is 0 Å². The molecule has 94 valence electrons. The molecule has 0 aromatic rings. The smallest absolute Gasteiger partial charge is 0.0857 e. The number of rotatable bonds is 3. The second-order valence-corrected chi connectivity index (χ2v) is 5.38. The maximum atomic E-state index is 5.95. The molecule has 1 saturated heterocycles. The van der Waals surface area contributed by atoms with Crippen LogP contribution >= 0.6 is 0 Å². The van der Waals surface area contributed by atoms with Gasteiger partial charge in [0.2, 0.25) is 0 Å². The molecule has 3 nitrogen and oxygen atoms in total. The van der Waals surface area contributed by atoms with Crippen LogP contribution < -0.4 is 5.32 Å². The van der Waals surface area contributed by atoms with Crippen LogP contribution in [-0.4, -0.2) is 50.8 Å². The second kappa shape index (κ2) is 5.99. The number of nitrogens with one attached hydrogen (secondary N) is 1. The van der Waals surface area contributed by atoms with Crippen LogP contribution in [0.25, 0.3) is 0 Å². The predicted molar refractivity (Wildman–Crippen MR) is 66.7 cm³/mol. The van der Waals surface area contributed by atoms with Gasteiger partial charge in [0.25, 0.3) is 0 Å². The van der Waals surface area contributed by atoms with Gasteiger partial charge in [0.15, 0.2) is 0 Å². The summed E-state index contributed by atoms with van der Waals surface area (Å²) in [5.74, 6) is 0.829. The summed E-state index contributed by atoms with van der Waals surface area (Å²) in [5, 5.41) is 3.51. The summed E-state index contributed by atoms with van der Waals surface area (Å²) in [4.78, 5) is 2.39. The lowest BCUT2D eigenvalue weighted by Crippen LogP contribution is -2.53. The van der Waals surface area contributed by atoms with Crippen molar-refractivity contribution in [3.63, 3.8) is 0 Å². The van der Waals surface area contributed by atoms with Gasteiger partial charge in [0.05, 0.1) is 12.7 Å². The van der Waals surface area contributed by atoms with Crippen LogP contribution in [0.3, 0.4) is 0 Å². The number of hydrogen-bond donors (Lipinski definition) is 1. The molecule has 0 bridgehead atoms. The lowest BCUT2D eigenvalue weighted by Gasteiger charge is -2.40. The zero-order valence-electron chi connectivity index (χ0n) is 10.7. The molecule has 0 aromatic carbocycles. The van der Waals surface area contributed by atoms with Gasteiger partial charge in [0.1, 0.15) is 0 Å². The van der Waals surface area contributed by atoms with Gasteiger partial charge in [-0.3, -0.25) is 0 Å². The van der Waals surface area contributed by atoms with Crippen LogP contribution in [0.1, 0.15) is 32.1 Å². The van der Waals surface area contributed by atoms with Crippen molar-refractivity contribution in [3.8, 4) is 0 Å². The molecule has 1 saturated carbocycles. The number of likely N-dealkylation sites (N-methyl/N-ethyl adjacent to an activating group) is 2. The minimum absolute atomic E-state index is 0.395. The molecule has 2 atom stereocenters. The Morgan fingerprint density at radius 3 is 2.62 bits per heavy atom. The third kappa shape index (κ3) is 2.96. The van der Waals surface area contributed by atoms with Crippen LogP contribution in [0.5, 0.6) is 0 Å². The average Bonchev–Trinajstić information content (AvgIpc) is 2.31. The summed E-state index contributed by atoms with van der Waals surface area (Å²) in [6, 6.07) is 0.558. The first-order valence-corrected chi connectivity index (χ1v) is 6.78. The van der Waals surface area contributed by atoms with Gasteiger partial charge in [-0.05, 0) is 32.9 Å². The fraction of sp³-hybridized carbons (Fsp3) is 1.00. The molecule has 1 N–H and O–H groups in total. The molecule has 0 spiro atoms. The van der Waals surface area contributed by atoms with Gasteiger partial charge >= 0.3 is 0 Å². The lowest BCUT2D eigenvalue weighted by molar-refractivity contribution is -0.0509. The predicted octanol–water partition coefficient (Wildman–Crippen LogP) is 1.49. The summed E-state index contributed by atoms with van der Waals surface area (Å²) in [7, 11) is 4.29. The average molecular weight is 226 g/mol. The molecule has 16 heavy (non-hydrogen) atoms. The SMILES string of the molecule is CNC(C1CCCCC1)C1CN(C)CCO1. The summed E-state index contributed by atoms with van der Waals surface area (Å²) in [5.41, 5.74) is 0. The molecule has 2 rings (SSSR count). The number of morpholine rings is 1. The fourth-order valence-corrected chi connectivity index (χ4v) is 3.25. The number of nitrogens with zero attached hydrogens (tertiary/aromatic N) is 1. The van der Waals surface area contributed by atoms with Crippen molar-refractivity contribution in [2.24, 2.45) is 5.92 Å². The van der Waals surface area contributed by atoms with E-state index in [0.29, 0.717) is 12.1 Å². The number of hydrogen-bond acceptors (Lipinski definition) is 3. The minimum atomic E-state index is 0.395. The van der Waals surface area contributed by atoms with Crippen molar-refractivity contribution in [1.29, 1.82) is 0 Å². The summed E-state index contributed by atoms with van der Waals surface area (Å²) >= 11 is 0. The van der Waals surface area contributed by atoms with E-state index in [0.717, 1.165) is 25.6 Å². The molecule has 3 heteroatoms. The molecule has 1 aliphatic heterocycles. The van der Waals surface area contributed by atoms with E-state index < -0.39 is 0 Å². The molecule has 2 unspecified atom stereocenters. The molecular formula is C13H26N2O. The first-order chi connectivity index (χ1) is 7.81. The lowest BCUT2D eigenvalue weighted by atomic mass is 9.81. The summed E-state index contributed by atoms with van der Waals surface area (Å²) in [6.07, 6.45) is 7.41. The fourth-order valence-electron chi connectivity index (χ4n) is 3.25. The molecule has 0 amide bonds. The summed E-state index contributed by atoms with van der Waals surface area (Å²) in [6.45, 7) is 3.06. The van der Waals surface area contributed by atoms with E-state index in [4.69, 9.17) is 4.74 Å². The largest absolute Gasteiger partial charge is 0.374 e. The van der Waals surface area contributed by atoms with Crippen LogP contribution in [0.4, 0.5) is 0 Å². The monoisotopic (exact) mass is 226 g/mol. The second-order valence-electron chi connectivity index (χ2n) is 5.38. The molecule has 0 radical (unpaired) electrons. The van der Waals surface area contributed by atoms with Crippen molar-refractivity contribution in [2.75, 3.05) is 33.8 Å². The standard InChI is InChI=1S/C13H26N2O/c1-14-13(11-6-4-3-5-7-11)12-10-15(2)8-9-16-12/h11-14H,3-10H2,1-2H3. The third-order valence-corrected chi connectivity index (χ3v) is 4.19. The maximum absolute atomic E-state index is 5.95. The Morgan fingerprint density at radius 1 is 1.25 bits per heavy atom. The van der Waals surface area contributed by atoms with Crippen molar-refractivity contribution >= 4 is 0 Å². The Bertz CT molecular complexity index is 204. The van der Waals surface area contributed by atoms with Gasteiger partial charge in [-0.2, -0.15) is 0 Å². The number of ether oxygens (including phenoxy) is 1. The Hall–Kier alpha value is -0.120. The van der Waals surface area contributed by atoms with Crippen LogP contribution in [0.15, 0.2) is 0 Å². The van der Waals surface area contributed by atoms with Crippen molar-refractivity contribution < 1.29 is 4.74 Å². The maximum Gasteiger partial charge on any atom is 0.0857 e. The molecule has 1 aliphatic carbocycles. The van der Waals surface area contributed by atoms with E-state index >= 15 is 0 Å². The van der Waals surface area contributed by atoms with E-state index in [1.807, 2.05) is 0 Å². The molecule has 1 heterocycles.